The lowest BCUT2D eigenvalue weighted by Crippen LogP contribution is -2.49. The molecule has 0 spiro atoms. The van der Waals surface area contributed by atoms with Gasteiger partial charge in [-0.2, -0.15) is 0 Å². The van der Waals surface area contributed by atoms with Gasteiger partial charge in [-0.15, -0.1) is 0 Å². The molecule has 0 atom stereocenters. The normalized spacial score (nSPS) is 13.0. The molecule has 0 fully saturated rings. The zero-order valence-corrected chi connectivity index (χ0v) is 17.8. The summed E-state index contributed by atoms with van der Waals surface area (Å²) in [5.74, 6) is 0. The zero-order chi connectivity index (χ0) is 20.8. The van der Waals surface area contributed by atoms with Gasteiger partial charge < -0.3 is 15.5 Å². The van der Waals surface area contributed by atoms with Gasteiger partial charge in [-0.25, -0.2) is 0 Å². The van der Waals surface area contributed by atoms with E-state index in [1.807, 2.05) is 39.0 Å². The summed E-state index contributed by atoms with van der Waals surface area (Å²) in [4.78, 5) is 8.85. The van der Waals surface area contributed by atoms with Gasteiger partial charge >= 0.3 is 7.48 Å². The van der Waals surface area contributed by atoms with Crippen molar-refractivity contribution in [3.63, 3.8) is 0 Å². The first kappa shape index (κ1) is 24.5. The minimum absolute atomic E-state index is 0.0163. The molecule has 0 aliphatic carbocycles. The Labute approximate surface area is 160 Å². The highest BCUT2D eigenvalue weighted by molar-refractivity contribution is 6.50. The van der Waals surface area contributed by atoms with E-state index in [-0.39, 0.29) is 5.41 Å². The van der Waals surface area contributed by atoms with Crippen molar-refractivity contribution in [1.29, 1.82) is 0 Å². The topological polar surface area (TPSA) is 80.2 Å². The summed E-state index contributed by atoms with van der Waals surface area (Å²) in [6.45, 7) is 19.2. The second kappa shape index (κ2) is 9.44. The fourth-order valence-corrected chi connectivity index (χ4v) is 1.61. The second-order valence-electron chi connectivity index (χ2n) is 8.13. The summed E-state index contributed by atoms with van der Waals surface area (Å²) in [7, 11) is 3.12. The van der Waals surface area contributed by atoms with Crippen molar-refractivity contribution in [3.8, 4) is 0 Å². The number of benzene rings is 1. The number of para-hydroxylation sites is 1. The molecule has 5 nitrogen and oxygen atoms in total. The van der Waals surface area contributed by atoms with Crippen LogP contribution < -0.4 is 11.2 Å². The molecule has 1 radical (unpaired) electrons. The zero-order valence-electron chi connectivity index (χ0n) is 17.8. The molecule has 0 aliphatic rings. The summed E-state index contributed by atoms with van der Waals surface area (Å²) in [5, 5.41) is 10.2. The summed E-state index contributed by atoms with van der Waals surface area (Å²) in [6.07, 6.45) is 0. The molecule has 1 aromatic carbocycles. The minimum atomic E-state index is -0.982. The van der Waals surface area contributed by atoms with Crippen LogP contribution in [0.2, 0.25) is 0 Å². The molecule has 1 aromatic rings. The highest BCUT2D eigenvalue weighted by Gasteiger charge is 2.36. The minimum Gasteiger partial charge on any atom is -0.427 e. The van der Waals surface area contributed by atoms with Crippen molar-refractivity contribution in [3.05, 3.63) is 18.2 Å². The quantitative estimate of drug-likeness (QED) is 0.601. The van der Waals surface area contributed by atoms with E-state index >= 15 is 0 Å². The lowest BCUT2D eigenvalue weighted by atomic mass is 9.81. The van der Waals surface area contributed by atoms with E-state index in [4.69, 9.17) is 9.65 Å². The van der Waals surface area contributed by atoms with Crippen LogP contribution in [0.5, 0.6) is 0 Å². The van der Waals surface area contributed by atoms with Crippen LogP contribution in [0.1, 0.15) is 55.4 Å². The van der Waals surface area contributed by atoms with Crippen LogP contribution in [0.25, 0.3) is 0 Å². The van der Waals surface area contributed by atoms with E-state index < -0.39 is 11.2 Å². The van der Waals surface area contributed by atoms with Crippen LogP contribution in [-0.2, 0) is 4.65 Å². The highest BCUT2D eigenvalue weighted by atomic mass is 16.5. The maximum absolute atomic E-state index is 10.2. The molecule has 0 saturated heterocycles. The Morgan fingerprint density at radius 2 is 1.65 bits per heavy atom. The average molecular weight is 360 g/mol. The Morgan fingerprint density at radius 1 is 1.12 bits per heavy atom. The van der Waals surface area contributed by atoms with Crippen molar-refractivity contribution in [2.45, 2.75) is 66.6 Å². The largest absolute Gasteiger partial charge is 0.427 e. The van der Waals surface area contributed by atoms with Gasteiger partial charge in [-0.1, -0.05) is 32.9 Å². The lowest BCUT2D eigenvalue weighted by molar-refractivity contribution is -0.0893. The second-order valence-corrected chi connectivity index (χ2v) is 8.13. The lowest BCUT2D eigenvalue weighted by Gasteiger charge is -2.37. The maximum Gasteiger partial charge on any atom is 0.333 e. The standard InChI is InChI=1S/C19H30BN2O2.CH5N/c1-13(17(2,3)4)22-15-12-10-11-14(16(15)21-9)20-24-19(7,8)18(5,6)23;1-2/h10-12,23H,9H2,1-8H3;2H2,1H3. The van der Waals surface area contributed by atoms with Crippen molar-refractivity contribution in [2.24, 2.45) is 21.1 Å². The van der Waals surface area contributed by atoms with Gasteiger partial charge in [0, 0.05) is 5.71 Å². The summed E-state index contributed by atoms with van der Waals surface area (Å²) >= 11 is 0. The van der Waals surface area contributed by atoms with E-state index in [9.17, 15) is 5.11 Å². The summed E-state index contributed by atoms with van der Waals surface area (Å²) in [5.41, 5.74) is 5.99. The molecular weight excluding hydrogens is 325 g/mol. The molecule has 26 heavy (non-hydrogen) atoms. The fraction of sp³-hybridized carbons (Fsp3) is 0.600. The monoisotopic (exact) mass is 360 g/mol. The van der Waals surface area contributed by atoms with E-state index in [0.29, 0.717) is 5.69 Å². The van der Waals surface area contributed by atoms with Gasteiger partial charge in [-0.3, -0.25) is 9.98 Å². The number of nitrogens with two attached hydrogens (primary N) is 1. The molecule has 6 heteroatoms. The SMILES string of the molecule is C=Nc1c([B]OC(C)(C)C(C)(C)O)cccc1N=C(C)C(C)(C)C.CN. The number of rotatable bonds is 6. The third-order valence-corrected chi connectivity index (χ3v) is 4.53. The average Bonchev–Trinajstić information content (AvgIpc) is 2.53. The van der Waals surface area contributed by atoms with Crippen LogP contribution in [0, 0.1) is 5.41 Å². The number of hydrogen-bond acceptors (Lipinski definition) is 5. The van der Waals surface area contributed by atoms with E-state index in [2.05, 4.69) is 38.2 Å². The van der Waals surface area contributed by atoms with Crippen LogP contribution in [0.3, 0.4) is 0 Å². The number of aliphatic hydroxyl groups is 1. The Kier molecular flexibility index (Phi) is 8.90. The molecule has 0 heterocycles. The smallest absolute Gasteiger partial charge is 0.333 e. The highest BCUT2D eigenvalue weighted by Crippen LogP contribution is 2.29. The molecule has 3 N–H and O–H groups in total. The molecule has 0 aromatic heterocycles. The van der Waals surface area contributed by atoms with E-state index in [1.165, 1.54) is 7.05 Å². The van der Waals surface area contributed by atoms with Crippen LogP contribution in [-0.4, -0.2) is 43.3 Å². The van der Waals surface area contributed by atoms with E-state index in [0.717, 1.165) is 16.9 Å². The van der Waals surface area contributed by atoms with Gasteiger partial charge in [-0.05, 0) is 65.3 Å². The summed E-state index contributed by atoms with van der Waals surface area (Å²) in [6, 6.07) is 5.73. The third kappa shape index (κ3) is 6.67. The third-order valence-electron chi connectivity index (χ3n) is 4.53. The Hall–Kier alpha value is -1.50. The van der Waals surface area contributed by atoms with E-state index in [1.54, 1.807) is 21.3 Å². The number of aliphatic imine (C=N–C) groups is 2. The maximum atomic E-state index is 10.2. The molecule has 0 saturated carbocycles. The van der Waals surface area contributed by atoms with Gasteiger partial charge in [0.05, 0.1) is 22.6 Å². The Morgan fingerprint density at radius 3 is 2.08 bits per heavy atom. The van der Waals surface area contributed by atoms with Crippen molar-refractivity contribution >= 4 is 36.7 Å². The first-order valence-electron chi connectivity index (χ1n) is 8.76. The van der Waals surface area contributed by atoms with Crippen LogP contribution >= 0.6 is 0 Å². The molecule has 0 unspecified atom stereocenters. The molecule has 0 bridgehead atoms. The van der Waals surface area contributed by atoms with Crippen LogP contribution in [0.15, 0.2) is 28.2 Å². The molecule has 0 amide bonds. The van der Waals surface area contributed by atoms with Gasteiger partial charge in [0.15, 0.2) is 0 Å². The molecule has 0 aliphatic heterocycles. The summed E-state index contributed by atoms with van der Waals surface area (Å²) < 4.78 is 5.84. The van der Waals surface area contributed by atoms with Gasteiger partial charge in [0.2, 0.25) is 0 Å². The number of hydrogen-bond donors (Lipinski definition) is 2. The first-order chi connectivity index (χ1) is 11.8. The predicted octanol–water partition coefficient (Wildman–Crippen LogP) is 3.54. The van der Waals surface area contributed by atoms with Gasteiger partial charge in [0.1, 0.15) is 0 Å². The Balaban J connectivity index is 0.00000301. The van der Waals surface area contributed by atoms with Crippen molar-refractivity contribution < 1.29 is 9.76 Å². The van der Waals surface area contributed by atoms with Crippen molar-refractivity contribution in [1.82, 2.24) is 0 Å². The Bertz CT molecular complexity index is 627. The predicted molar refractivity (Wildman–Crippen MR) is 115 cm³/mol. The molecule has 1 rings (SSSR count). The number of nitrogens with zero attached hydrogens (tertiary/aromatic N) is 2. The fourth-order valence-electron chi connectivity index (χ4n) is 1.61. The molecular formula is C20H35BN3O2. The van der Waals surface area contributed by atoms with Crippen molar-refractivity contribution in [2.75, 3.05) is 7.05 Å². The molecule has 145 valence electrons. The van der Waals surface area contributed by atoms with Crippen LogP contribution in [0.4, 0.5) is 11.4 Å². The van der Waals surface area contributed by atoms with Gasteiger partial charge in [0.25, 0.3) is 0 Å². The first-order valence-corrected chi connectivity index (χ1v) is 8.76.